The Balaban J connectivity index is 2.31. The highest BCUT2D eigenvalue weighted by molar-refractivity contribution is 7.80. The Morgan fingerprint density at radius 3 is 1.84 bits per heavy atom. The van der Waals surface area contributed by atoms with Crippen LogP contribution in [0.4, 0.5) is 0 Å². The van der Waals surface area contributed by atoms with Crippen molar-refractivity contribution in [1.29, 1.82) is 0 Å². The smallest absolute Gasteiger partial charge is 0.266 e. The third kappa shape index (κ3) is 3.08. The molecule has 1 aliphatic heterocycles. The minimum absolute atomic E-state index is 0.0899. The van der Waals surface area contributed by atoms with Gasteiger partial charge in [0, 0.05) is 24.7 Å². The molecular formula is C19H15ClN2O2S. The van der Waals surface area contributed by atoms with Crippen LogP contribution in [-0.4, -0.2) is 40.8 Å². The van der Waals surface area contributed by atoms with Crippen LogP contribution in [0.2, 0.25) is 5.02 Å². The van der Waals surface area contributed by atoms with Crippen molar-refractivity contribution >= 4 is 46.3 Å². The lowest BCUT2D eigenvalue weighted by Crippen LogP contribution is -2.53. The topological polar surface area (TPSA) is 40.6 Å². The van der Waals surface area contributed by atoms with E-state index in [-0.39, 0.29) is 10.7 Å². The summed E-state index contributed by atoms with van der Waals surface area (Å²) in [5.41, 5.74) is 2.17. The molecule has 0 bridgehead atoms. The molecule has 2 aromatic rings. The van der Waals surface area contributed by atoms with Crippen molar-refractivity contribution in [2.75, 3.05) is 14.1 Å². The minimum atomic E-state index is -0.415. The fraction of sp³-hybridized carbons (Fsp3) is 0.105. The maximum absolute atomic E-state index is 12.9. The highest BCUT2D eigenvalue weighted by Gasteiger charge is 2.38. The maximum Gasteiger partial charge on any atom is 0.266 e. The zero-order chi connectivity index (χ0) is 18.1. The second kappa shape index (κ2) is 6.78. The first kappa shape index (κ1) is 17.3. The monoisotopic (exact) mass is 370 g/mol. The SMILES string of the molecule is CN1C(=O)C(=C(c2ccccc2)c2ccc(Cl)cc2)C(=O)N(C)C1=S. The first-order chi connectivity index (χ1) is 11.9. The molecule has 2 amide bonds. The van der Waals surface area contributed by atoms with E-state index in [4.69, 9.17) is 23.8 Å². The Kier molecular flexibility index (Phi) is 4.70. The highest BCUT2D eigenvalue weighted by Crippen LogP contribution is 2.31. The Bertz CT molecular complexity index is 865. The maximum atomic E-state index is 12.9. The minimum Gasteiger partial charge on any atom is -0.288 e. The number of carbonyl (C=O) groups excluding carboxylic acids is 2. The molecule has 126 valence electrons. The number of benzene rings is 2. The molecule has 0 saturated carbocycles. The molecule has 0 unspecified atom stereocenters. The Morgan fingerprint density at radius 1 is 0.840 bits per heavy atom. The van der Waals surface area contributed by atoms with Crippen molar-refractivity contribution < 1.29 is 9.59 Å². The van der Waals surface area contributed by atoms with E-state index in [1.54, 1.807) is 38.4 Å². The fourth-order valence-electron chi connectivity index (χ4n) is 2.72. The summed E-state index contributed by atoms with van der Waals surface area (Å²) >= 11 is 11.2. The molecule has 0 aromatic heterocycles. The van der Waals surface area contributed by atoms with Gasteiger partial charge in [-0.05, 0) is 35.5 Å². The van der Waals surface area contributed by atoms with E-state index in [9.17, 15) is 9.59 Å². The number of halogens is 1. The largest absolute Gasteiger partial charge is 0.288 e. The second-order valence-electron chi connectivity index (χ2n) is 5.63. The summed E-state index contributed by atoms with van der Waals surface area (Å²) in [6, 6.07) is 16.4. The second-order valence-corrected chi connectivity index (χ2v) is 6.44. The molecule has 0 spiro atoms. The zero-order valence-corrected chi connectivity index (χ0v) is 15.3. The van der Waals surface area contributed by atoms with Gasteiger partial charge in [0.05, 0.1) is 0 Å². The molecule has 3 rings (SSSR count). The summed E-state index contributed by atoms with van der Waals surface area (Å²) in [5, 5.41) is 0.764. The molecule has 6 heteroatoms. The lowest BCUT2D eigenvalue weighted by Gasteiger charge is -2.33. The normalized spacial score (nSPS) is 15.0. The van der Waals surface area contributed by atoms with Gasteiger partial charge in [-0.2, -0.15) is 0 Å². The average Bonchev–Trinajstić information content (AvgIpc) is 2.64. The van der Waals surface area contributed by atoms with E-state index in [0.717, 1.165) is 11.1 Å². The van der Waals surface area contributed by atoms with Crippen molar-refractivity contribution in [3.8, 4) is 0 Å². The van der Waals surface area contributed by atoms with Crippen molar-refractivity contribution in [2.24, 2.45) is 0 Å². The van der Waals surface area contributed by atoms with E-state index in [1.807, 2.05) is 30.3 Å². The molecule has 1 aliphatic rings. The lowest BCUT2D eigenvalue weighted by molar-refractivity contribution is -0.132. The van der Waals surface area contributed by atoms with Gasteiger partial charge in [-0.3, -0.25) is 19.4 Å². The third-order valence-corrected chi connectivity index (χ3v) is 4.86. The highest BCUT2D eigenvalue weighted by atomic mass is 35.5. The van der Waals surface area contributed by atoms with Gasteiger partial charge in [0.25, 0.3) is 11.8 Å². The summed E-state index contributed by atoms with van der Waals surface area (Å²) in [6.45, 7) is 0. The fourth-order valence-corrected chi connectivity index (χ4v) is 3.01. The van der Waals surface area contributed by atoms with E-state index in [2.05, 4.69) is 0 Å². The number of amides is 2. The standard InChI is InChI=1S/C19H15ClN2O2S/c1-21-17(23)16(18(24)22(2)19(21)25)15(12-6-4-3-5-7-12)13-8-10-14(20)11-9-13/h3-11H,1-2H3. The Hall–Kier alpha value is -2.50. The van der Waals surface area contributed by atoms with Gasteiger partial charge in [0.15, 0.2) is 5.11 Å². The molecule has 4 nitrogen and oxygen atoms in total. The zero-order valence-electron chi connectivity index (χ0n) is 13.7. The van der Waals surface area contributed by atoms with E-state index in [1.165, 1.54) is 9.80 Å². The van der Waals surface area contributed by atoms with E-state index >= 15 is 0 Å². The van der Waals surface area contributed by atoms with E-state index in [0.29, 0.717) is 10.6 Å². The van der Waals surface area contributed by atoms with Gasteiger partial charge in [-0.25, -0.2) is 0 Å². The van der Waals surface area contributed by atoms with Gasteiger partial charge >= 0.3 is 0 Å². The predicted molar refractivity (Wildman–Crippen MR) is 102 cm³/mol. The van der Waals surface area contributed by atoms with Gasteiger partial charge in [-0.1, -0.05) is 54.1 Å². The van der Waals surface area contributed by atoms with Crippen LogP contribution in [0.5, 0.6) is 0 Å². The molecule has 1 heterocycles. The third-order valence-electron chi connectivity index (χ3n) is 4.06. The number of nitrogens with zero attached hydrogens (tertiary/aromatic N) is 2. The summed E-state index contributed by atoms with van der Waals surface area (Å²) in [7, 11) is 3.14. The number of thiocarbonyl (C=S) groups is 1. The Morgan fingerprint density at radius 2 is 1.32 bits per heavy atom. The molecule has 0 aliphatic carbocycles. The number of hydrogen-bond donors (Lipinski definition) is 0. The molecule has 1 saturated heterocycles. The van der Waals surface area contributed by atoms with Crippen LogP contribution in [0.25, 0.3) is 5.57 Å². The molecule has 1 fully saturated rings. The molecule has 2 aromatic carbocycles. The lowest BCUT2D eigenvalue weighted by atomic mass is 9.91. The quantitative estimate of drug-likeness (QED) is 0.462. The van der Waals surface area contributed by atoms with Gasteiger partial charge in [-0.15, -0.1) is 0 Å². The first-order valence-electron chi connectivity index (χ1n) is 7.57. The number of likely N-dealkylation sites (N-methyl/N-ethyl adjacent to an activating group) is 2. The van der Waals surface area contributed by atoms with Crippen LogP contribution in [0.1, 0.15) is 11.1 Å². The number of carbonyl (C=O) groups is 2. The summed E-state index contributed by atoms with van der Waals surface area (Å²) in [5.74, 6) is -0.830. The predicted octanol–water partition coefficient (Wildman–Crippen LogP) is 3.36. The van der Waals surface area contributed by atoms with Crippen LogP contribution in [0.15, 0.2) is 60.2 Å². The number of hydrogen-bond acceptors (Lipinski definition) is 3. The van der Waals surface area contributed by atoms with Crippen LogP contribution in [0, 0.1) is 0 Å². The van der Waals surface area contributed by atoms with Crippen LogP contribution >= 0.6 is 23.8 Å². The van der Waals surface area contributed by atoms with Crippen molar-refractivity contribution in [2.45, 2.75) is 0 Å². The Labute approximate surface area is 156 Å². The molecule has 0 radical (unpaired) electrons. The van der Waals surface area contributed by atoms with Crippen molar-refractivity contribution in [1.82, 2.24) is 9.80 Å². The molecular weight excluding hydrogens is 356 g/mol. The first-order valence-corrected chi connectivity index (χ1v) is 8.36. The number of rotatable bonds is 2. The average molecular weight is 371 g/mol. The van der Waals surface area contributed by atoms with Gasteiger partial charge < -0.3 is 0 Å². The summed E-state index contributed by atoms with van der Waals surface area (Å²) in [4.78, 5) is 28.3. The summed E-state index contributed by atoms with van der Waals surface area (Å²) in [6.07, 6.45) is 0. The summed E-state index contributed by atoms with van der Waals surface area (Å²) < 4.78 is 0. The van der Waals surface area contributed by atoms with Gasteiger partial charge in [0.2, 0.25) is 0 Å². The van der Waals surface area contributed by atoms with Crippen LogP contribution < -0.4 is 0 Å². The molecule has 0 atom stereocenters. The van der Waals surface area contributed by atoms with Crippen LogP contribution in [-0.2, 0) is 9.59 Å². The molecule has 0 N–H and O–H groups in total. The van der Waals surface area contributed by atoms with Crippen LogP contribution in [0.3, 0.4) is 0 Å². The van der Waals surface area contributed by atoms with Crippen molar-refractivity contribution in [3.05, 3.63) is 76.3 Å². The van der Waals surface area contributed by atoms with Gasteiger partial charge in [0.1, 0.15) is 5.57 Å². The van der Waals surface area contributed by atoms with Crippen molar-refractivity contribution in [3.63, 3.8) is 0 Å². The molecule has 25 heavy (non-hydrogen) atoms. The van der Waals surface area contributed by atoms with E-state index < -0.39 is 11.8 Å².